The van der Waals surface area contributed by atoms with Crippen LogP contribution in [0.4, 0.5) is 5.69 Å². The smallest absolute Gasteiger partial charge is 0.278 e. The predicted octanol–water partition coefficient (Wildman–Crippen LogP) is 4.99. The number of aromatic nitrogens is 3. The Morgan fingerprint density at radius 1 is 1.32 bits per heavy atom. The summed E-state index contributed by atoms with van der Waals surface area (Å²) in [4.78, 5) is 12.7. The molecule has 6 nitrogen and oxygen atoms in total. The fourth-order valence-corrected chi connectivity index (χ4v) is 3.77. The molecule has 2 aromatic heterocycles. The van der Waals surface area contributed by atoms with Gasteiger partial charge in [-0.3, -0.25) is 9.48 Å². The van der Waals surface area contributed by atoms with Crippen molar-refractivity contribution < 1.29 is 9.32 Å². The number of fused-ring (bicyclic) bond motifs is 1. The van der Waals surface area contributed by atoms with Crippen molar-refractivity contribution in [2.75, 3.05) is 5.32 Å². The Labute approximate surface area is 172 Å². The second kappa shape index (κ2) is 7.26. The quantitative estimate of drug-likeness (QED) is 0.647. The lowest BCUT2D eigenvalue weighted by atomic mass is 9.76. The van der Waals surface area contributed by atoms with Crippen LogP contribution in [-0.4, -0.2) is 20.8 Å². The molecule has 1 amide bonds. The Balaban J connectivity index is 1.46. The van der Waals surface area contributed by atoms with Gasteiger partial charge in [-0.05, 0) is 36.0 Å². The topological polar surface area (TPSA) is 73.0 Å². The van der Waals surface area contributed by atoms with E-state index in [0.29, 0.717) is 28.0 Å². The Morgan fingerprint density at radius 3 is 2.93 bits per heavy atom. The first-order valence-corrected chi connectivity index (χ1v) is 9.81. The van der Waals surface area contributed by atoms with E-state index in [4.69, 9.17) is 27.7 Å². The van der Waals surface area contributed by atoms with Crippen LogP contribution in [0.3, 0.4) is 0 Å². The van der Waals surface area contributed by atoms with Crippen molar-refractivity contribution in [3.63, 3.8) is 0 Å². The lowest BCUT2D eigenvalue weighted by molar-refractivity contribution is 0.101. The molecule has 4 rings (SSSR count). The van der Waals surface area contributed by atoms with Crippen LogP contribution >= 0.6 is 23.2 Å². The van der Waals surface area contributed by atoms with Gasteiger partial charge in [0.25, 0.3) is 5.91 Å². The molecular formula is C20H20Cl2N4O2. The maximum absolute atomic E-state index is 12.7. The molecule has 8 heteroatoms. The molecule has 1 aliphatic rings. The zero-order valence-electron chi connectivity index (χ0n) is 15.6. The van der Waals surface area contributed by atoms with Gasteiger partial charge in [0, 0.05) is 18.2 Å². The van der Waals surface area contributed by atoms with Gasteiger partial charge in [-0.2, -0.15) is 5.10 Å². The minimum atomic E-state index is -0.281. The molecule has 0 spiro atoms. The molecular weight excluding hydrogens is 399 g/mol. The molecule has 1 N–H and O–H groups in total. The van der Waals surface area contributed by atoms with Crippen LogP contribution in [0, 0.1) is 5.41 Å². The van der Waals surface area contributed by atoms with Gasteiger partial charge in [-0.25, -0.2) is 0 Å². The van der Waals surface area contributed by atoms with E-state index in [2.05, 4.69) is 29.4 Å². The van der Waals surface area contributed by atoms with E-state index in [1.54, 1.807) is 29.2 Å². The number of hydrogen-bond acceptors (Lipinski definition) is 4. The average molecular weight is 419 g/mol. The number of benzene rings is 1. The summed E-state index contributed by atoms with van der Waals surface area (Å²) in [5, 5.41) is 12.2. The summed E-state index contributed by atoms with van der Waals surface area (Å²) >= 11 is 12.0. The van der Waals surface area contributed by atoms with E-state index in [1.165, 1.54) is 0 Å². The minimum Gasteiger partial charge on any atom is -0.360 e. The van der Waals surface area contributed by atoms with E-state index in [0.717, 1.165) is 36.1 Å². The molecule has 1 aromatic carbocycles. The van der Waals surface area contributed by atoms with E-state index in [9.17, 15) is 4.79 Å². The first kappa shape index (κ1) is 19.0. The molecule has 0 radical (unpaired) electrons. The second-order valence-corrected chi connectivity index (χ2v) is 8.72. The summed E-state index contributed by atoms with van der Waals surface area (Å²) in [5.41, 5.74) is 2.97. The highest BCUT2D eigenvalue weighted by Crippen LogP contribution is 2.36. The van der Waals surface area contributed by atoms with Crippen molar-refractivity contribution in [1.29, 1.82) is 0 Å². The maximum atomic E-state index is 12.7. The Kier molecular flexibility index (Phi) is 4.93. The number of carbonyl (C=O) groups excluding carboxylic acids is 1. The molecule has 28 heavy (non-hydrogen) atoms. The molecule has 3 aromatic rings. The third-order valence-electron chi connectivity index (χ3n) is 4.99. The number of halogens is 2. The van der Waals surface area contributed by atoms with Crippen molar-refractivity contribution in [2.45, 2.75) is 39.7 Å². The highest BCUT2D eigenvalue weighted by atomic mass is 35.5. The summed E-state index contributed by atoms with van der Waals surface area (Å²) in [5.74, 6) is 0.538. The molecule has 2 heterocycles. The zero-order valence-corrected chi connectivity index (χ0v) is 17.1. The summed E-state index contributed by atoms with van der Waals surface area (Å²) < 4.78 is 7.11. The van der Waals surface area contributed by atoms with Crippen LogP contribution in [0.15, 0.2) is 35.1 Å². The number of rotatable bonds is 4. The van der Waals surface area contributed by atoms with Gasteiger partial charge in [0.05, 0.1) is 28.5 Å². The summed E-state index contributed by atoms with van der Waals surface area (Å²) in [7, 11) is 0. The van der Waals surface area contributed by atoms with E-state index in [-0.39, 0.29) is 11.3 Å². The fourth-order valence-electron chi connectivity index (χ4n) is 3.45. The molecule has 0 aliphatic heterocycles. The Morgan fingerprint density at radius 2 is 2.14 bits per heavy atom. The molecule has 0 bridgehead atoms. The van der Waals surface area contributed by atoms with Gasteiger partial charge in [0.15, 0.2) is 5.69 Å². The van der Waals surface area contributed by atoms with Crippen LogP contribution in [0.1, 0.15) is 47.6 Å². The normalized spacial score (nSPS) is 15.3. The minimum absolute atomic E-state index is 0.137. The maximum Gasteiger partial charge on any atom is 0.278 e. The molecule has 0 saturated carbocycles. The third kappa shape index (κ3) is 3.93. The summed E-state index contributed by atoms with van der Waals surface area (Å²) in [6.07, 6.45) is 5.98. The van der Waals surface area contributed by atoms with Crippen LogP contribution in [0.25, 0.3) is 0 Å². The first-order chi connectivity index (χ1) is 13.3. The standard InChI is InChI=1S/C20H20Cl2N4O2/c1-20(2)6-5-17-14(8-20)18(25-28-17)19(27)24-13-9-23-26(11-13)10-12-3-4-15(21)16(22)7-12/h3-4,7,9,11H,5-6,8,10H2,1-2H3,(H,24,27). The Bertz CT molecular complexity index is 1040. The number of aryl methyl sites for hydroxylation is 1. The highest BCUT2D eigenvalue weighted by molar-refractivity contribution is 6.42. The average Bonchev–Trinajstić information content (AvgIpc) is 3.23. The summed E-state index contributed by atoms with van der Waals surface area (Å²) in [6.45, 7) is 4.90. The number of nitrogens with zero attached hydrogens (tertiary/aromatic N) is 3. The number of nitrogens with one attached hydrogen (secondary N) is 1. The summed E-state index contributed by atoms with van der Waals surface area (Å²) in [6, 6.07) is 5.44. The van der Waals surface area contributed by atoms with E-state index >= 15 is 0 Å². The van der Waals surface area contributed by atoms with Gasteiger partial charge < -0.3 is 9.84 Å². The third-order valence-corrected chi connectivity index (χ3v) is 5.73. The first-order valence-electron chi connectivity index (χ1n) is 9.06. The Hall–Kier alpha value is -2.31. The number of hydrogen-bond donors (Lipinski definition) is 1. The lowest BCUT2D eigenvalue weighted by Crippen LogP contribution is -2.24. The largest absolute Gasteiger partial charge is 0.360 e. The van der Waals surface area contributed by atoms with Crippen LogP contribution in [0.5, 0.6) is 0 Å². The van der Waals surface area contributed by atoms with E-state index < -0.39 is 0 Å². The van der Waals surface area contributed by atoms with Crippen molar-refractivity contribution in [3.05, 3.63) is 63.2 Å². The molecule has 0 atom stereocenters. The number of carbonyl (C=O) groups is 1. The van der Waals surface area contributed by atoms with Crippen molar-refractivity contribution in [2.24, 2.45) is 5.41 Å². The molecule has 0 saturated heterocycles. The molecule has 1 aliphatic carbocycles. The van der Waals surface area contributed by atoms with Gasteiger partial charge in [0.1, 0.15) is 5.76 Å². The fraction of sp³-hybridized carbons (Fsp3) is 0.350. The van der Waals surface area contributed by atoms with Gasteiger partial charge in [-0.1, -0.05) is 48.3 Å². The predicted molar refractivity (Wildman–Crippen MR) is 108 cm³/mol. The second-order valence-electron chi connectivity index (χ2n) is 7.90. The lowest BCUT2D eigenvalue weighted by Gasteiger charge is -2.28. The number of amides is 1. The highest BCUT2D eigenvalue weighted by Gasteiger charge is 2.32. The van der Waals surface area contributed by atoms with Gasteiger partial charge >= 0.3 is 0 Å². The van der Waals surface area contributed by atoms with Gasteiger partial charge in [-0.15, -0.1) is 0 Å². The number of anilines is 1. The SMILES string of the molecule is CC1(C)CCc2onc(C(=O)Nc3cnn(Cc4ccc(Cl)c(Cl)c4)c3)c2C1. The van der Waals surface area contributed by atoms with Crippen LogP contribution in [-0.2, 0) is 19.4 Å². The molecule has 0 unspecified atom stereocenters. The van der Waals surface area contributed by atoms with Crippen molar-refractivity contribution >= 4 is 34.8 Å². The zero-order chi connectivity index (χ0) is 19.9. The monoisotopic (exact) mass is 418 g/mol. The van der Waals surface area contributed by atoms with Gasteiger partial charge in [0.2, 0.25) is 0 Å². The van der Waals surface area contributed by atoms with Crippen molar-refractivity contribution in [3.8, 4) is 0 Å². The van der Waals surface area contributed by atoms with Crippen LogP contribution in [0.2, 0.25) is 10.0 Å². The molecule has 146 valence electrons. The van der Waals surface area contributed by atoms with Crippen LogP contribution < -0.4 is 5.32 Å². The van der Waals surface area contributed by atoms with E-state index in [1.807, 2.05) is 6.07 Å². The van der Waals surface area contributed by atoms with Crippen molar-refractivity contribution in [1.82, 2.24) is 14.9 Å². The molecule has 0 fully saturated rings.